The molecule has 0 bridgehead atoms. The summed E-state index contributed by atoms with van der Waals surface area (Å²) in [5, 5.41) is 3.33. The molecule has 0 saturated carbocycles. The van der Waals surface area contributed by atoms with Crippen molar-refractivity contribution in [3.63, 3.8) is 0 Å². The van der Waals surface area contributed by atoms with Crippen LogP contribution in [0.4, 0.5) is 0 Å². The number of ether oxygens (including phenoxy) is 2. The smallest absolute Gasteiger partial charge is 0.189 e. The van der Waals surface area contributed by atoms with Gasteiger partial charge in [-0.1, -0.05) is 36.4 Å². The summed E-state index contributed by atoms with van der Waals surface area (Å²) >= 11 is 0. The number of hydrogen-bond donors (Lipinski definition) is 2. The van der Waals surface area contributed by atoms with Gasteiger partial charge in [-0.15, -0.1) is 0 Å². The van der Waals surface area contributed by atoms with Crippen LogP contribution < -0.4 is 20.5 Å². The van der Waals surface area contributed by atoms with Gasteiger partial charge in [-0.2, -0.15) is 0 Å². The predicted molar refractivity (Wildman–Crippen MR) is 93.6 cm³/mol. The van der Waals surface area contributed by atoms with E-state index >= 15 is 0 Å². The number of rotatable bonds is 3. The van der Waals surface area contributed by atoms with E-state index in [2.05, 4.69) is 22.4 Å². The van der Waals surface area contributed by atoms with Gasteiger partial charge in [-0.3, -0.25) is 4.99 Å². The molecule has 0 fully saturated rings. The Morgan fingerprint density at radius 3 is 2.58 bits per heavy atom. The second-order valence-electron chi connectivity index (χ2n) is 6.14. The molecule has 2 atom stereocenters. The van der Waals surface area contributed by atoms with Crippen LogP contribution in [-0.2, 0) is 0 Å². The molecule has 4 rings (SSSR count). The number of fused-ring (bicyclic) bond motifs is 2. The van der Waals surface area contributed by atoms with Crippen LogP contribution in [0.1, 0.15) is 29.5 Å². The van der Waals surface area contributed by atoms with Crippen molar-refractivity contribution in [1.82, 2.24) is 5.32 Å². The van der Waals surface area contributed by atoms with Crippen molar-refractivity contribution in [3.05, 3.63) is 59.7 Å². The first-order valence-electron chi connectivity index (χ1n) is 8.31. The van der Waals surface area contributed by atoms with E-state index in [1.165, 1.54) is 5.56 Å². The van der Waals surface area contributed by atoms with Gasteiger partial charge in [0.1, 0.15) is 11.5 Å². The molecule has 5 nitrogen and oxygen atoms in total. The summed E-state index contributed by atoms with van der Waals surface area (Å²) in [6, 6.07) is 16.3. The molecule has 2 unspecified atom stereocenters. The minimum Gasteiger partial charge on any atom is -0.493 e. The third-order valence-corrected chi connectivity index (χ3v) is 4.56. The molecule has 0 radical (unpaired) electrons. The maximum absolute atomic E-state index is 6.12. The monoisotopic (exact) mass is 323 g/mol. The van der Waals surface area contributed by atoms with Crippen molar-refractivity contribution >= 4 is 5.96 Å². The molecule has 124 valence electrons. The van der Waals surface area contributed by atoms with Crippen molar-refractivity contribution in [3.8, 4) is 11.5 Å². The van der Waals surface area contributed by atoms with E-state index in [9.17, 15) is 0 Å². The van der Waals surface area contributed by atoms with Gasteiger partial charge in [0.15, 0.2) is 5.96 Å². The van der Waals surface area contributed by atoms with Crippen molar-refractivity contribution in [2.45, 2.75) is 18.4 Å². The zero-order valence-corrected chi connectivity index (χ0v) is 13.4. The number of nitrogens with two attached hydrogens (primary N) is 1. The SMILES string of the molecule is NC(=NCC1COc2ccccc21)NC1CCOc2ccccc21. The first kappa shape index (κ1) is 14.9. The van der Waals surface area contributed by atoms with Crippen LogP contribution in [0.15, 0.2) is 53.5 Å². The lowest BCUT2D eigenvalue weighted by molar-refractivity contribution is 0.262. The third kappa shape index (κ3) is 2.89. The fraction of sp³-hybridized carbons (Fsp3) is 0.316. The highest BCUT2D eigenvalue weighted by atomic mass is 16.5. The van der Waals surface area contributed by atoms with Crippen LogP contribution in [0.2, 0.25) is 0 Å². The van der Waals surface area contributed by atoms with Gasteiger partial charge in [0, 0.05) is 23.5 Å². The minimum absolute atomic E-state index is 0.144. The fourth-order valence-electron chi connectivity index (χ4n) is 3.31. The second kappa shape index (κ2) is 6.43. The molecule has 2 aromatic carbocycles. The van der Waals surface area contributed by atoms with Crippen molar-refractivity contribution in [1.29, 1.82) is 0 Å². The Hall–Kier alpha value is -2.69. The molecule has 2 aliphatic rings. The Labute approximate surface area is 141 Å². The minimum atomic E-state index is 0.144. The fourth-order valence-corrected chi connectivity index (χ4v) is 3.31. The Morgan fingerprint density at radius 2 is 1.75 bits per heavy atom. The van der Waals surface area contributed by atoms with E-state index < -0.39 is 0 Å². The first-order valence-corrected chi connectivity index (χ1v) is 8.31. The topological polar surface area (TPSA) is 68.9 Å². The lowest BCUT2D eigenvalue weighted by Gasteiger charge is -2.27. The van der Waals surface area contributed by atoms with Crippen LogP contribution >= 0.6 is 0 Å². The van der Waals surface area contributed by atoms with E-state index in [0.717, 1.165) is 23.5 Å². The standard InChI is InChI=1S/C19H21N3O2/c20-19(21-11-13-12-24-17-7-3-1-5-14(13)17)22-16-9-10-23-18-8-4-2-6-15(16)18/h1-8,13,16H,9-12H2,(H3,20,21,22). The number of para-hydroxylation sites is 2. The number of guanidine groups is 1. The second-order valence-corrected chi connectivity index (χ2v) is 6.14. The average molecular weight is 323 g/mol. The van der Waals surface area contributed by atoms with E-state index in [1.807, 2.05) is 36.4 Å². The van der Waals surface area contributed by atoms with Crippen LogP contribution in [0.5, 0.6) is 11.5 Å². The molecule has 0 aliphatic carbocycles. The number of nitrogens with zero attached hydrogens (tertiary/aromatic N) is 1. The van der Waals surface area contributed by atoms with Crippen molar-refractivity contribution in [2.75, 3.05) is 19.8 Å². The average Bonchev–Trinajstić information content (AvgIpc) is 3.04. The zero-order chi connectivity index (χ0) is 16.4. The molecule has 0 spiro atoms. The summed E-state index contributed by atoms with van der Waals surface area (Å²) in [5.74, 6) is 2.62. The molecule has 0 saturated heterocycles. The Balaban J connectivity index is 1.42. The highest BCUT2D eigenvalue weighted by Crippen LogP contribution is 2.34. The summed E-state index contributed by atoms with van der Waals surface area (Å²) in [6.07, 6.45) is 0.878. The van der Waals surface area contributed by atoms with E-state index in [0.29, 0.717) is 25.7 Å². The van der Waals surface area contributed by atoms with Gasteiger partial charge in [-0.05, 0) is 12.1 Å². The maximum atomic E-state index is 6.12. The maximum Gasteiger partial charge on any atom is 0.189 e. The Morgan fingerprint density at radius 1 is 1.04 bits per heavy atom. The van der Waals surface area contributed by atoms with E-state index in [4.69, 9.17) is 15.2 Å². The summed E-state index contributed by atoms with van der Waals surface area (Å²) in [6.45, 7) is 1.97. The molecule has 24 heavy (non-hydrogen) atoms. The Kier molecular flexibility index (Phi) is 3.99. The predicted octanol–water partition coefficient (Wildman–Crippen LogP) is 2.59. The van der Waals surface area contributed by atoms with Gasteiger partial charge < -0.3 is 20.5 Å². The molecule has 3 N–H and O–H groups in total. The zero-order valence-electron chi connectivity index (χ0n) is 13.4. The molecule has 2 aliphatic heterocycles. The van der Waals surface area contributed by atoms with Crippen molar-refractivity contribution in [2.24, 2.45) is 10.7 Å². The Bertz CT molecular complexity index is 760. The summed E-state index contributed by atoms with van der Waals surface area (Å²) < 4.78 is 11.4. The highest BCUT2D eigenvalue weighted by Gasteiger charge is 2.24. The summed E-state index contributed by atoms with van der Waals surface area (Å²) in [5.41, 5.74) is 8.47. The van der Waals surface area contributed by atoms with E-state index in [-0.39, 0.29) is 12.0 Å². The van der Waals surface area contributed by atoms with Gasteiger partial charge in [-0.25, -0.2) is 0 Å². The van der Waals surface area contributed by atoms with Crippen LogP contribution in [0, 0.1) is 0 Å². The van der Waals surface area contributed by atoms with Crippen molar-refractivity contribution < 1.29 is 9.47 Å². The molecule has 0 aromatic heterocycles. The highest BCUT2D eigenvalue weighted by molar-refractivity contribution is 5.78. The molecule has 0 amide bonds. The summed E-state index contributed by atoms with van der Waals surface area (Å²) in [4.78, 5) is 4.53. The van der Waals surface area contributed by atoms with Gasteiger partial charge in [0.2, 0.25) is 0 Å². The van der Waals surface area contributed by atoms with Gasteiger partial charge >= 0.3 is 0 Å². The largest absolute Gasteiger partial charge is 0.493 e. The van der Waals surface area contributed by atoms with Crippen LogP contribution in [0.25, 0.3) is 0 Å². The van der Waals surface area contributed by atoms with E-state index in [1.54, 1.807) is 0 Å². The molecular weight excluding hydrogens is 302 g/mol. The lowest BCUT2D eigenvalue weighted by atomic mass is 10.0. The first-order chi connectivity index (χ1) is 11.8. The molecular formula is C19H21N3O2. The molecule has 2 heterocycles. The number of benzene rings is 2. The lowest BCUT2D eigenvalue weighted by Crippen LogP contribution is -2.37. The van der Waals surface area contributed by atoms with Gasteiger partial charge in [0.05, 0.1) is 25.8 Å². The quantitative estimate of drug-likeness (QED) is 0.673. The molecule has 2 aromatic rings. The summed E-state index contributed by atoms with van der Waals surface area (Å²) in [7, 11) is 0. The number of hydrogen-bond acceptors (Lipinski definition) is 3. The molecule has 5 heteroatoms. The van der Waals surface area contributed by atoms with Crippen LogP contribution in [0.3, 0.4) is 0 Å². The normalized spacial score (nSPS) is 22.1. The van der Waals surface area contributed by atoms with Gasteiger partial charge in [0.25, 0.3) is 0 Å². The third-order valence-electron chi connectivity index (χ3n) is 4.56. The number of nitrogens with one attached hydrogen (secondary N) is 1. The van der Waals surface area contributed by atoms with Crippen LogP contribution in [-0.4, -0.2) is 25.7 Å². The number of aliphatic imine (C=N–C) groups is 1.